The van der Waals surface area contributed by atoms with Gasteiger partial charge in [0, 0.05) is 24.5 Å². The number of morpholine rings is 1. The molecule has 0 amide bonds. The van der Waals surface area contributed by atoms with Crippen molar-refractivity contribution < 1.29 is 14.3 Å². The number of anilines is 2. The SMILES string of the molecule is CC(C)(C)OC(=O)c1cc(N2CCOCC2)ccc1N. The first-order chi connectivity index (χ1) is 9.37. The molecular formula is C15H22N2O3. The standard InChI is InChI=1S/C15H22N2O3/c1-15(2,3)20-14(18)12-10-11(4-5-13(12)16)17-6-8-19-9-7-17/h4-5,10H,6-9,16H2,1-3H3. The van der Waals surface area contributed by atoms with Gasteiger partial charge in [-0.1, -0.05) is 0 Å². The molecule has 0 unspecified atom stereocenters. The van der Waals surface area contributed by atoms with E-state index in [-0.39, 0.29) is 5.97 Å². The van der Waals surface area contributed by atoms with Crippen molar-refractivity contribution in [2.75, 3.05) is 36.9 Å². The van der Waals surface area contributed by atoms with Crippen LogP contribution in [0.4, 0.5) is 11.4 Å². The van der Waals surface area contributed by atoms with Gasteiger partial charge >= 0.3 is 5.97 Å². The van der Waals surface area contributed by atoms with E-state index in [1.807, 2.05) is 26.8 Å². The van der Waals surface area contributed by atoms with E-state index >= 15 is 0 Å². The molecule has 0 aliphatic carbocycles. The predicted molar refractivity (Wildman–Crippen MR) is 79.1 cm³/mol. The van der Waals surface area contributed by atoms with E-state index in [0.717, 1.165) is 18.8 Å². The van der Waals surface area contributed by atoms with E-state index < -0.39 is 5.60 Å². The topological polar surface area (TPSA) is 64.8 Å². The van der Waals surface area contributed by atoms with E-state index in [1.54, 1.807) is 12.1 Å². The summed E-state index contributed by atoms with van der Waals surface area (Å²) in [7, 11) is 0. The second-order valence-corrected chi connectivity index (χ2v) is 5.87. The maximum Gasteiger partial charge on any atom is 0.340 e. The number of carbonyl (C=O) groups excluding carboxylic acids is 1. The van der Waals surface area contributed by atoms with Gasteiger partial charge in [0.15, 0.2) is 0 Å². The second-order valence-electron chi connectivity index (χ2n) is 5.87. The Bertz CT molecular complexity index is 488. The lowest BCUT2D eigenvalue weighted by Gasteiger charge is -2.29. The van der Waals surface area contributed by atoms with Gasteiger partial charge in [0.05, 0.1) is 18.8 Å². The van der Waals surface area contributed by atoms with Crippen LogP contribution in [0.1, 0.15) is 31.1 Å². The number of nitrogen functional groups attached to an aromatic ring is 1. The van der Waals surface area contributed by atoms with Crippen LogP contribution in [0.25, 0.3) is 0 Å². The van der Waals surface area contributed by atoms with Gasteiger partial charge in [-0.15, -0.1) is 0 Å². The van der Waals surface area contributed by atoms with Gasteiger partial charge in [-0.25, -0.2) is 4.79 Å². The van der Waals surface area contributed by atoms with Crippen molar-refractivity contribution in [3.63, 3.8) is 0 Å². The molecular weight excluding hydrogens is 256 g/mol. The summed E-state index contributed by atoms with van der Waals surface area (Å²) in [6.45, 7) is 8.56. The Morgan fingerprint density at radius 1 is 1.30 bits per heavy atom. The van der Waals surface area contributed by atoms with Crippen molar-refractivity contribution in [2.45, 2.75) is 26.4 Å². The average molecular weight is 278 g/mol. The molecule has 2 rings (SSSR count). The lowest BCUT2D eigenvalue weighted by atomic mass is 10.1. The Balaban J connectivity index is 2.22. The molecule has 1 aliphatic heterocycles. The molecule has 1 aliphatic rings. The largest absolute Gasteiger partial charge is 0.456 e. The first-order valence-corrected chi connectivity index (χ1v) is 6.82. The van der Waals surface area contributed by atoms with Gasteiger partial charge in [-0.2, -0.15) is 0 Å². The minimum atomic E-state index is -0.529. The Morgan fingerprint density at radius 3 is 2.55 bits per heavy atom. The molecule has 1 saturated heterocycles. The number of ether oxygens (including phenoxy) is 2. The fourth-order valence-electron chi connectivity index (χ4n) is 2.07. The molecule has 1 aromatic rings. The summed E-state index contributed by atoms with van der Waals surface area (Å²) in [4.78, 5) is 14.3. The summed E-state index contributed by atoms with van der Waals surface area (Å²) in [6, 6.07) is 5.48. The summed E-state index contributed by atoms with van der Waals surface area (Å²) < 4.78 is 10.7. The molecule has 0 saturated carbocycles. The maximum absolute atomic E-state index is 12.2. The number of benzene rings is 1. The minimum Gasteiger partial charge on any atom is -0.456 e. The van der Waals surface area contributed by atoms with Crippen molar-refractivity contribution in [1.82, 2.24) is 0 Å². The highest BCUT2D eigenvalue weighted by molar-refractivity contribution is 5.96. The lowest BCUT2D eigenvalue weighted by molar-refractivity contribution is 0.00708. The van der Waals surface area contributed by atoms with Gasteiger partial charge in [0.25, 0.3) is 0 Å². The number of hydrogen-bond acceptors (Lipinski definition) is 5. The quantitative estimate of drug-likeness (QED) is 0.662. The number of carbonyl (C=O) groups is 1. The van der Waals surface area contributed by atoms with Crippen LogP contribution in [0.15, 0.2) is 18.2 Å². The third-order valence-corrected chi connectivity index (χ3v) is 3.03. The Kier molecular flexibility index (Phi) is 4.18. The summed E-state index contributed by atoms with van der Waals surface area (Å²) in [6.07, 6.45) is 0. The smallest absolute Gasteiger partial charge is 0.340 e. The number of nitrogens with zero attached hydrogens (tertiary/aromatic N) is 1. The van der Waals surface area contributed by atoms with E-state index in [4.69, 9.17) is 15.2 Å². The minimum absolute atomic E-state index is 0.384. The fourth-order valence-corrected chi connectivity index (χ4v) is 2.07. The molecule has 1 fully saturated rings. The number of hydrogen-bond donors (Lipinski definition) is 1. The molecule has 0 aromatic heterocycles. The van der Waals surface area contributed by atoms with Crippen LogP contribution in [0, 0.1) is 0 Å². The molecule has 1 heterocycles. The van der Waals surface area contributed by atoms with Crippen molar-refractivity contribution in [3.8, 4) is 0 Å². The molecule has 0 spiro atoms. The van der Waals surface area contributed by atoms with Crippen LogP contribution in [-0.4, -0.2) is 37.9 Å². The number of esters is 1. The first kappa shape index (κ1) is 14.7. The zero-order chi connectivity index (χ0) is 14.8. The predicted octanol–water partition coefficient (Wildman–Crippen LogP) is 2.06. The molecule has 5 nitrogen and oxygen atoms in total. The Morgan fingerprint density at radius 2 is 1.95 bits per heavy atom. The lowest BCUT2D eigenvalue weighted by Crippen LogP contribution is -2.36. The number of nitrogens with two attached hydrogens (primary N) is 1. The Hall–Kier alpha value is -1.75. The second kappa shape index (κ2) is 5.71. The first-order valence-electron chi connectivity index (χ1n) is 6.82. The molecule has 2 N–H and O–H groups in total. The highest BCUT2D eigenvalue weighted by atomic mass is 16.6. The van der Waals surface area contributed by atoms with Gasteiger partial charge in [0.1, 0.15) is 5.60 Å². The summed E-state index contributed by atoms with van der Waals surface area (Å²) >= 11 is 0. The van der Waals surface area contributed by atoms with Crippen LogP contribution in [0.5, 0.6) is 0 Å². The third kappa shape index (κ3) is 3.63. The van der Waals surface area contributed by atoms with E-state index in [9.17, 15) is 4.79 Å². The van der Waals surface area contributed by atoms with Crippen molar-refractivity contribution in [2.24, 2.45) is 0 Å². The average Bonchev–Trinajstić information content (AvgIpc) is 2.38. The van der Waals surface area contributed by atoms with Crippen LogP contribution < -0.4 is 10.6 Å². The van der Waals surface area contributed by atoms with Crippen molar-refractivity contribution >= 4 is 17.3 Å². The van der Waals surface area contributed by atoms with Gasteiger partial charge < -0.3 is 20.1 Å². The van der Waals surface area contributed by atoms with Gasteiger partial charge in [-0.05, 0) is 39.0 Å². The summed E-state index contributed by atoms with van der Waals surface area (Å²) in [5.74, 6) is -0.384. The highest BCUT2D eigenvalue weighted by Gasteiger charge is 2.21. The highest BCUT2D eigenvalue weighted by Crippen LogP contribution is 2.24. The molecule has 5 heteroatoms. The maximum atomic E-state index is 12.2. The zero-order valence-corrected chi connectivity index (χ0v) is 12.3. The van der Waals surface area contributed by atoms with Crippen LogP contribution in [0.2, 0.25) is 0 Å². The van der Waals surface area contributed by atoms with Crippen molar-refractivity contribution in [3.05, 3.63) is 23.8 Å². The molecule has 0 bridgehead atoms. The van der Waals surface area contributed by atoms with Crippen LogP contribution in [0.3, 0.4) is 0 Å². The van der Waals surface area contributed by atoms with Crippen molar-refractivity contribution in [1.29, 1.82) is 0 Å². The summed E-state index contributed by atoms with van der Waals surface area (Å²) in [5, 5.41) is 0. The number of rotatable bonds is 2. The zero-order valence-electron chi connectivity index (χ0n) is 12.3. The van der Waals surface area contributed by atoms with Crippen LogP contribution in [-0.2, 0) is 9.47 Å². The monoisotopic (exact) mass is 278 g/mol. The Labute approximate surface area is 119 Å². The van der Waals surface area contributed by atoms with E-state index in [1.165, 1.54) is 0 Å². The molecule has 0 radical (unpaired) electrons. The van der Waals surface area contributed by atoms with E-state index in [0.29, 0.717) is 24.5 Å². The molecule has 20 heavy (non-hydrogen) atoms. The third-order valence-electron chi connectivity index (χ3n) is 3.03. The normalized spacial score (nSPS) is 16.1. The van der Waals surface area contributed by atoms with Gasteiger partial charge in [-0.3, -0.25) is 0 Å². The van der Waals surface area contributed by atoms with Gasteiger partial charge in [0.2, 0.25) is 0 Å². The fraction of sp³-hybridized carbons (Fsp3) is 0.533. The van der Waals surface area contributed by atoms with E-state index in [2.05, 4.69) is 4.90 Å². The molecule has 0 atom stereocenters. The molecule has 110 valence electrons. The summed E-state index contributed by atoms with van der Waals surface area (Å²) in [5.41, 5.74) is 7.20. The molecule has 1 aromatic carbocycles. The van der Waals surface area contributed by atoms with Crippen LogP contribution >= 0.6 is 0 Å².